The fourth-order valence-electron chi connectivity index (χ4n) is 1.72. The van der Waals surface area contributed by atoms with E-state index in [9.17, 15) is 4.79 Å². The van der Waals surface area contributed by atoms with Crippen LogP contribution in [0.2, 0.25) is 0 Å². The fraction of sp³-hybridized carbons (Fsp3) is 0.667. The van der Waals surface area contributed by atoms with E-state index in [1.165, 1.54) is 4.88 Å². The minimum atomic E-state index is -0.0800. The minimum Gasteiger partial charge on any atom is -0.301 e. The number of hydrogen-bond donors (Lipinski definition) is 2. The molecule has 3 N–H and O–H groups in total. The lowest BCUT2D eigenvalue weighted by molar-refractivity contribution is -0.121. The van der Waals surface area contributed by atoms with Crippen molar-refractivity contribution in [3.63, 3.8) is 0 Å². The lowest BCUT2D eigenvalue weighted by Crippen LogP contribution is -2.29. The molecule has 0 aliphatic carbocycles. The summed E-state index contributed by atoms with van der Waals surface area (Å²) in [5, 5.41) is 0. The molecule has 0 saturated carbocycles. The number of unbranched alkanes of at least 4 members (excludes halogenated alkanes) is 2. The first-order valence-electron chi connectivity index (χ1n) is 6.20. The lowest BCUT2D eigenvalue weighted by Gasteiger charge is -2.15. The molecule has 0 aromatic carbocycles. The van der Waals surface area contributed by atoms with Gasteiger partial charge in [-0.15, -0.1) is 11.3 Å². The van der Waals surface area contributed by atoms with E-state index in [0.717, 1.165) is 38.0 Å². The molecule has 1 aromatic heterocycles. The van der Waals surface area contributed by atoms with Gasteiger partial charge in [-0.1, -0.05) is 6.42 Å². The number of hydrogen-bond acceptors (Lipinski definition) is 5. The summed E-state index contributed by atoms with van der Waals surface area (Å²) in [7, 11) is 2.12. The Bertz CT molecular complexity index is 367. The van der Waals surface area contributed by atoms with Crippen molar-refractivity contribution in [2.75, 3.05) is 13.6 Å². The maximum atomic E-state index is 10.9. The monoisotopic (exact) mass is 270 g/mol. The van der Waals surface area contributed by atoms with Crippen molar-refractivity contribution in [3.05, 3.63) is 16.1 Å². The number of thiazole rings is 1. The summed E-state index contributed by atoms with van der Waals surface area (Å²) < 4.78 is 0. The molecule has 6 heteroatoms. The molecule has 0 aliphatic rings. The average molecular weight is 270 g/mol. The van der Waals surface area contributed by atoms with Crippen LogP contribution in [-0.2, 0) is 11.3 Å². The van der Waals surface area contributed by atoms with Gasteiger partial charge in [-0.3, -0.25) is 10.2 Å². The zero-order valence-electron chi connectivity index (χ0n) is 11.1. The number of hydrazine groups is 1. The summed E-state index contributed by atoms with van der Waals surface area (Å²) in [6.07, 6.45) is 3.58. The van der Waals surface area contributed by atoms with Crippen LogP contribution in [0.25, 0.3) is 0 Å². The van der Waals surface area contributed by atoms with Gasteiger partial charge in [-0.25, -0.2) is 10.8 Å². The molecule has 0 saturated heterocycles. The molecule has 5 nitrogen and oxygen atoms in total. The second-order valence-corrected chi connectivity index (χ2v) is 5.42. The fourth-order valence-corrected chi connectivity index (χ4v) is 2.57. The number of amides is 1. The zero-order chi connectivity index (χ0) is 13.4. The van der Waals surface area contributed by atoms with Crippen LogP contribution in [0.3, 0.4) is 0 Å². The van der Waals surface area contributed by atoms with Crippen LogP contribution in [0.4, 0.5) is 0 Å². The third-order valence-electron chi connectivity index (χ3n) is 2.86. The number of nitrogens with one attached hydrogen (secondary N) is 1. The van der Waals surface area contributed by atoms with Gasteiger partial charge in [0.05, 0.1) is 11.2 Å². The van der Waals surface area contributed by atoms with E-state index in [4.69, 9.17) is 5.84 Å². The van der Waals surface area contributed by atoms with E-state index in [-0.39, 0.29) is 5.91 Å². The second kappa shape index (κ2) is 8.18. The van der Waals surface area contributed by atoms with Gasteiger partial charge in [0.25, 0.3) is 0 Å². The quantitative estimate of drug-likeness (QED) is 0.324. The molecule has 0 atom stereocenters. The van der Waals surface area contributed by atoms with Crippen LogP contribution in [-0.4, -0.2) is 29.4 Å². The van der Waals surface area contributed by atoms with Gasteiger partial charge in [0.1, 0.15) is 0 Å². The van der Waals surface area contributed by atoms with Gasteiger partial charge in [0.15, 0.2) is 0 Å². The van der Waals surface area contributed by atoms with Crippen LogP contribution in [0.1, 0.15) is 36.3 Å². The molecule has 0 unspecified atom stereocenters. The van der Waals surface area contributed by atoms with Gasteiger partial charge in [-0.2, -0.15) is 0 Å². The third kappa shape index (κ3) is 5.57. The predicted octanol–water partition coefficient (Wildman–Crippen LogP) is 1.43. The maximum Gasteiger partial charge on any atom is 0.233 e. The summed E-state index contributed by atoms with van der Waals surface area (Å²) in [6.45, 7) is 4.05. The Balaban J connectivity index is 2.09. The van der Waals surface area contributed by atoms with Crippen LogP contribution in [0.5, 0.6) is 0 Å². The highest BCUT2D eigenvalue weighted by Gasteiger charge is 2.05. The summed E-state index contributed by atoms with van der Waals surface area (Å²) in [5.74, 6) is 4.93. The number of carbonyl (C=O) groups is 1. The van der Waals surface area contributed by atoms with E-state index in [2.05, 4.69) is 22.4 Å². The van der Waals surface area contributed by atoms with Crippen molar-refractivity contribution in [3.8, 4) is 0 Å². The average Bonchev–Trinajstić information content (AvgIpc) is 2.74. The summed E-state index contributed by atoms with van der Waals surface area (Å²) >= 11 is 1.71. The Morgan fingerprint density at radius 3 is 2.89 bits per heavy atom. The Morgan fingerprint density at radius 2 is 2.28 bits per heavy atom. The first kappa shape index (κ1) is 15.1. The third-order valence-corrected chi connectivity index (χ3v) is 3.78. The topological polar surface area (TPSA) is 71.2 Å². The van der Waals surface area contributed by atoms with Gasteiger partial charge < -0.3 is 4.90 Å². The van der Waals surface area contributed by atoms with Gasteiger partial charge >= 0.3 is 0 Å². The lowest BCUT2D eigenvalue weighted by atomic mass is 10.2. The van der Waals surface area contributed by atoms with Crippen molar-refractivity contribution in [2.24, 2.45) is 5.84 Å². The molecule has 1 rings (SSSR count). The molecular formula is C12H22N4OS. The molecule has 1 aromatic rings. The first-order chi connectivity index (χ1) is 8.63. The maximum absolute atomic E-state index is 10.9. The molecule has 0 spiro atoms. The van der Waals surface area contributed by atoms with Gasteiger partial charge in [0, 0.05) is 17.8 Å². The van der Waals surface area contributed by atoms with Gasteiger partial charge in [0.2, 0.25) is 5.91 Å². The molecule has 1 amide bonds. The number of carbonyl (C=O) groups excluding carboxylic acids is 1. The van der Waals surface area contributed by atoms with Crippen LogP contribution >= 0.6 is 11.3 Å². The Morgan fingerprint density at radius 1 is 1.50 bits per heavy atom. The Kier molecular flexibility index (Phi) is 6.85. The molecule has 1 heterocycles. The second-order valence-electron chi connectivity index (χ2n) is 4.48. The number of aromatic nitrogens is 1. The van der Waals surface area contributed by atoms with Crippen molar-refractivity contribution in [2.45, 2.75) is 39.2 Å². The van der Waals surface area contributed by atoms with Crippen molar-refractivity contribution < 1.29 is 4.79 Å². The largest absolute Gasteiger partial charge is 0.301 e. The molecule has 102 valence electrons. The van der Waals surface area contributed by atoms with E-state index >= 15 is 0 Å². The molecule has 0 aliphatic heterocycles. The zero-order valence-corrected chi connectivity index (χ0v) is 11.9. The molecule has 0 bridgehead atoms. The van der Waals surface area contributed by atoms with Crippen molar-refractivity contribution >= 4 is 17.2 Å². The first-order valence-corrected chi connectivity index (χ1v) is 7.08. The standard InChI is InChI=1S/C12H22N4OS/c1-10-11(18-9-14-10)8-16(2)7-5-3-4-6-12(17)15-13/h9H,3-8,13H2,1-2H3,(H,15,17). The summed E-state index contributed by atoms with van der Waals surface area (Å²) in [6, 6.07) is 0. The molecule has 0 fully saturated rings. The summed E-state index contributed by atoms with van der Waals surface area (Å²) in [5.41, 5.74) is 5.17. The van der Waals surface area contributed by atoms with Gasteiger partial charge in [-0.05, 0) is 33.4 Å². The normalized spacial score (nSPS) is 10.9. The number of nitrogens with zero attached hydrogens (tertiary/aromatic N) is 2. The Hall–Kier alpha value is -0.980. The van der Waals surface area contributed by atoms with Crippen LogP contribution in [0, 0.1) is 6.92 Å². The van der Waals surface area contributed by atoms with Crippen molar-refractivity contribution in [1.82, 2.24) is 15.3 Å². The molecule has 0 radical (unpaired) electrons. The number of rotatable bonds is 8. The molecular weight excluding hydrogens is 248 g/mol. The number of nitrogens with two attached hydrogens (primary N) is 1. The smallest absolute Gasteiger partial charge is 0.233 e. The summed E-state index contributed by atoms with van der Waals surface area (Å²) in [4.78, 5) is 18.8. The Labute approximate surface area is 112 Å². The highest BCUT2D eigenvalue weighted by molar-refractivity contribution is 7.09. The van der Waals surface area contributed by atoms with E-state index < -0.39 is 0 Å². The predicted molar refractivity (Wildman–Crippen MR) is 74.0 cm³/mol. The van der Waals surface area contributed by atoms with Crippen molar-refractivity contribution in [1.29, 1.82) is 0 Å². The van der Waals surface area contributed by atoms with E-state index in [0.29, 0.717) is 6.42 Å². The SMILES string of the molecule is Cc1ncsc1CN(C)CCCCCC(=O)NN. The van der Waals surface area contributed by atoms with Crippen LogP contribution in [0.15, 0.2) is 5.51 Å². The number of aryl methyl sites for hydroxylation is 1. The van der Waals surface area contributed by atoms with Crippen LogP contribution < -0.4 is 11.3 Å². The minimum absolute atomic E-state index is 0.0800. The van der Waals surface area contributed by atoms with E-state index in [1.54, 1.807) is 11.3 Å². The highest BCUT2D eigenvalue weighted by atomic mass is 32.1. The van der Waals surface area contributed by atoms with E-state index in [1.807, 2.05) is 12.4 Å². The molecule has 18 heavy (non-hydrogen) atoms. The highest BCUT2D eigenvalue weighted by Crippen LogP contribution is 2.14.